The van der Waals surface area contributed by atoms with Crippen LogP contribution in [0.3, 0.4) is 0 Å². The fourth-order valence-electron chi connectivity index (χ4n) is 3.08. The van der Waals surface area contributed by atoms with Gasteiger partial charge in [-0.3, -0.25) is 14.6 Å². The van der Waals surface area contributed by atoms with Crippen molar-refractivity contribution in [3.05, 3.63) is 52.1 Å². The van der Waals surface area contributed by atoms with Gasteiger partial charge in [0, 0.05) is 18.7 Å². The summed E-state index contributed by atoms with van der Waals surface area (Å²) in [5.74, 6) is 0.614. The first-order chi connectivity index (χ1) is 16.5. The average molecular weight is 514 g/mol. The molecule has 0 aliphatic carbocycles. The van der Waals surface area contributed by atoms with E-state index in [4.69, 9.17) is 25.1 Å². The van der Waals surface area contributed by atoms with E-state index in [-0.39, 0.29) is 5.69 Å². The van der Waals surface area contributed by atoms with Crippen LogP contribution in [0.15, 0.2) is 30.9 Å². The van der Waals surface area contributed by atoms with E-state index in [0.29, 0.717) is 23.5 Å². The number of phosphoric ester groups is 1. The number of rotatable bonds is 7. The average Bonchev–Trinajstić information content (AvgIpc) is 3.38. The Morgan fingerprint density at radius 2 is 1.97 bits per heavy atom. The first kappa shape index (κ1) is 26.5. The van der Waals surface area contributed by atoms with Gasteiger partial charge in [-0.15, -0.1) is 0 Å². The highest BCUT2D eigenvalue weighted by molar-refractivity contribution is 7.46. The maximum atomic E-state index is 10.8. The number of nitrogens with one attached hydrogen (secondary N) is 2. The SMILES string of the molecule is Cc1ccc([N+](=O)[O-])cc1CNc1ncnc2nc[nH]c12.O=P(O)(O)OC[C@H]1OC(O)[C@H](O)[C@@H]1O. The normalized spacial score (nSPS) is 22.0. The third-order valence-corrected chi connectivity index (χ3v) is 5.44. The molecule has 2 aromatic heterocycles. The zero-order chi connectivity index (χ0) is 25.8. The molecule has 17 heteroatoms. The number of aromatic nitrogens is 4. The van der Waals surface area contributed by atoms with Gasteiger partial charge < -0.3 is 40.1 Å². The molecule has 190 valence electrons. The summed E-state index contributed by atoms with van der Waals surface area (Å²) in [5.41, 5.74) is 3.18. The number of nitro benzene ring substituents is 1. The van der Waals surface area contributed by atoms with Gasteiger partial charge in [0.25, 0.3) is 5.69 Å². The number of aryl methyl sites for hydroxylation is 1. The molecular weight excluding hydrogens is 491 g/mol. The lowest BCUT2D eigenvalue weighted by Gasteiger charge is -2.14. The topological polar surface area (TPSA) is 246 Å². The number of hydrogen-bond donors (Lipinski definition) is 7. The molecule has 0 amide bonds. The van der Waals surface area contributed by atoms with E-state index in [1.807, 2.05) is 6.92 Å². The van der Waals surface area contributed by atoms with Crippen LogP contribution in [0.5, 0.6) is 0 Å². The summed E-state index contributed by atoms with van der Waals surface area (Å²) in [4.78, 5) is 42.3. The largest absolute Gasteiger partial charge is 0.469 e. The second-order valence-electron chi connectivity index (χ2n) is 7.38. The zero-order valence-electron chi connectivity index (χ0n) is 18.1. The molecule has 4 rings (SSSR count). The lowest BCUT2D eigenvalue weighted by atomic mass is 10.1. The Kier molecular flexibility index (Phi) is 8.42. The Morgan fingerprint density at radius 1 is 1.23 bits per heavy atom. The van der Waals surface area contributed by atoms with Crippen molar-refractivity contribution in [1.82, 2.24) is 19.9 Å². The number of hydrogen-bond acceptors (Lipinski definition) is 12. The summed E-state index contributed by atoms with van der Waals surface area (Å²) in [6, 6.07) is 4.80. The standard InChI is InChI=1S/C13H12N6O2.C5H11O8P/c1-8-2-3-10(19(20)21)4-9(8)5-14-12-11-13(16-6-15-11)18-7-17-12;6-3-2(1-12-14(9,10)11)13-5(8)4(3)7/h2-4,6-7H,5H2,1H3,(H2,14,15,16,17,18);2-8H,1H2,(H2,9,10,11)/t;2-,3-,4-,5?/m.1/s1. The summed E-state index contributed by atoms with van der Waals surface area (Å²) in [6.45, 7) is 1.73. The van der Waals surface area contributed by atoms with Gasteiger partial charge in [-0.1, -0.05) is 6.07 Å². The minimum absolute atomic E-state index is 0.0757. The minimum Gasteiger partial charge on any atom is -0.387 e. The number of aliphatic hydroxyl groups excluding tert-OH is 3. The van der Waals surface area contributed by atoms with Crippen LogP contribution in [0.2, 0.25) is 0 Å². The minimum atomic E-state index is -4.64. The number of fused-ring (bicyclic) bond motifs is 1. The summed E-state index contributed by atoms with van der Waals surface area (Å²) in [7, 11) is -4.64. The van der Waals surface area contributed by atoms with Gasteiger partial charge in [-0.05, 0) is 18.1 Å². The highest BCUT2D eigenvalue weighted by atomic mass is 31.2. The highest BCUT2D eigenvalue weighted by Gasteiger charge is 2.42. The Balaban J connectivity index is 0.000000214. The van der Waals surface area contributed by atoms with Crippen molar-refractivity contribution in [2.75, 3.05) is 11.9 Å². The van der Waals surface area contributed by atoms with E-state index in [1.54, 1.807) is 18.5 Å². The summed E-state index contributed by atoms with van der Waals surface area (Å²) >= 11 is 0. The van der Waals surface area contributed by atoms with Gasteiger partial charge in [0.1, 0.15) is 30.2 Å². The number of aromatic amines is 1. The molecule has 35 heavy (non-hydrogen) atoms. The molecule has 1 aliphatic rings. The Hall–Kier alpha value is -3.08. The van der Waals surface area contributed by atoms with Gasteiger partial charge in [0.2, 0.25) is 0 Å². The maximum Gasteiger partial charge on any atom is 0.469 e. The number of nitrogens with zero attached hydrogens (tertiary/aromatic N) is 4. The molecule has 1 saturated heterocycles. The van der Waals surface area contributed by atoms with Crippen molar-refractivity contribution < 1.29 is 43.9 Å². The summed E-state index contributed by atoms with van der Waals surface area (Å²) < 4.78 is 18.9. The lowest BCUT2D eigenvalue weighted by molar-refractivity contribution is -0.384. The summed E-state index contributed by atoms with van der Waals surface area (Å²) in [5, 5.41) is 41.0. The van der Waals surface area contributed by atoms with Gasteiger partial charge in [-0.2, -0.15) is 0 Å². The van der Waals surface area contributed by atoms with Crippen molar-refractivity contribution in [2.45, 2.75) is 38.1 Å². The number of non-ortho nitro benzene ring substituents is 1. The number of phosphoric acid groups is 1. The van der Waals surface area contributed by atoms with Crippen LogP contribution in [-0.4, -0.2) is 81.2 Å². The van der Waals surface area contributed by atoms with Gasteiger partial charge in [-0.25, -0.2) is 19.5 Å². The molecule has 1 aliphatic heterocycles. The van der Waals surface area contributed by atoms with E-state index in [1.165, 1.54) is 12.4 Å². The Labute approximate surface area is 197 Å². The van der Waals surface area contributed by atoms with E-state index < -0.39 is 44.0 Å². The van der Waals surface area contributed by atoms with Crippen molar-refractivity contribution in [3.8, 4) is 0 Å². The number of aliphatic hydroxyl groups is 3. The molecule has 3 heterocycles. The Bertz CT molecular complexity index is 1220. The fourth-order valence-corrected chi connectivity index (χ4v) is 3.42. The number of H-pyrrole nitrogens is 1. The smallest absolute Gasteiger partial charge is 0.387 e. The van der Waals surface area contributed by atoms with E-state index in [0.717, 1.165) is 11.1 Å². The fraction of sp³-hybridized carbons (Fsp3) is 0.389. The molecule has 1 fully saturated rings. The van der Waals surface area contributed by atoms with Crippen molar-refractivity contribution in [1.29, 1.82) is 0 Å². The first-order valence-electron chi connectivity index (χ1n) is 9.98. The quantitative estimate of drug-likeness (QED) is 0.122. The molecule has 1 aromatic carbocycles. The zero-order valence-corrected chi connectivity index (χ0v) is 19.0. The Morgan fingerprint density at radius 3 is 2.60 bits per heavy atom. The molecular formula is C18H23N6O10P. The van der Waals surface area contributed by atoms with Crippen molar-refractivity contribution in [3.63, 3.8) is 0 Å². The summed E-state index contributed by atoms with van der Waals surface area (Å²) in [6.07, 6.45) is -2.70. The molecule has 0 saturated carbocycles. The van der Waals surface area contributed by atoms with Crippen LogP contribution >= 0.6 is 7.82 Å². The third-order valence-electron chi connectivity index (χ3n) is 4.96. The maximum absolute atomic E-state index is 10.8. The van der Waals surface area contributed by atoms with Gasteiger partial charge in [0.15, 0.2) is 17.8 Å². The monoisotopic (exact) mass is 514 g/mol. The van der Waals surface area contributed by atoms with Crippen molar-refractivity contribution in [2.24, 2.45) is 0 Å². The highest BCUT2D eigenvalue weighted by Crippen LogP contribution is 2.37. The van der Waals surface area contributed by atoms with Crippen LogP contribution in [0, 0.1) is 17.0 Å². The number of benzene rings is 1. The first-order valence-corrected chi connectivity index (χ1v) is 11.5. The van der Waals surface area contributed by atoms with Gasteiger partial charge >= 0.3 is 7.82 Å². The van der Waals surface area contributed by atoms with Crippen LogP contribution in [0.1, 0.15) is 11.1 Å². The molecule has 7 N–H and O–H groups in total. The van der Waals surface area contributed by atoms with E-state index in [9.17, 15) is 14.7 Å². The molecule has 3 aromatic rings. The van der Waals surface area contributed by atoms with Crippen LogP contribution in [0.4, 0.5) is 11.5 Å². The second kappa shape index (κ2) is 11.1. The molecule has 16 nitrogen and oxygen atoms in total. The van der Waals surface area contributed by atoms with Crippen LogP contribution in [0.25, 0.3) is 11.2 Å². The van der Waals surface area contributed by atoms with E-state index in [2.05, 4.69) is 34.5 Å². The predicted molar refractivity (Wildman–Crippen MR) is 118 cm³/mol. The van der Waals surface area contributed by atoms with Crippen LogP contribution < -0.4 is 5.32 Å². The number of anilines is 1. The number of nitro groups is 1. The van der Waals surface area contributed by atoms with Crippen LogP contribution in [-0.2, 0) is 20.4 Å². The molecule has 0 spiro atoms. The number of ether oxygens (including phenoxy) is 1. The molecule has 4 atom stereocenters. The molecule has 0 radical (unpaired) electrons. The molecule has 1 unspecified atom stereocenters. The van der Waals surface area contributed by atoms with Crippen molar-refractivity contribution >= 4 is 30.5 Å². The van der Waals surface area contributed by atoms with E-state index >= 15 is 0 Å². The van der Waals surface area contributed by atoms with Gasteiger partial charge in [0.05, 0.1) is 17.9 Å². The third kappa shape index (κ3) is 6.97. The number of imidazole rings is 1. The lowest BCUT2D eigenvalue weighted by Crippen LogP contribution is -2.34. The predicted octanol–water partition coefficient (Wildman–Crippen LogP) is -0.284. The molecule has 0 bridgehead atoms. The second-order valence-corrected chi connectivity index (χ2v) is 8.62.